The molecule has 2 atom stereocenters. The Kier molecular flexibility index (Phi) is 5.10. The average Bonchev–Trinajstić information content (AvgIpc) is 2.73. The van der Waals surface area contributed by atoms with Crippen molar-refractivity contribution in [2.45, 2.75) is 45.8 Å². The topological polar surface area (TPSA) is 66.6 Å². The molecule has 0 aliphatic carbocycles. The van der Waals surface area contributed by atoms with Crippen LogP contribution in [0.2, 0.25) is 0 Å². The molecule has 6 heteroatoms. The van der Waals surface area contributed by atoms with Gasteiger partial charge in [0.2, 0.25) is 0 Å². The highest BCUT2D eigenvalue weighted by Crippen LogP contribution is 2.40. The molecule has 1 N–H and O–H groups in total. The van der Waals surface area contributed by atoms with Gasteiger partial charge in [0.25, 0.3) is 0 Å². The van der Waals surface area contributed by atoms with Gasteiger partial charge in [-0.2, -0.15) is 0 Å². The van der Waals surface area contributed by atoms with E-state index >= 15 is 0 Å². The molecule has 0 saturated carbocycles. The van der Waals surface area contributed by atoms with Crippen molar-refractivity contribution in [2.24, 2.45) is 0 Å². The molecule has 0 bridgehead atoms. The van der Waals surface area contributed by atoms with Crippen LogP contribution in [-0.4, -0.2) is 23.1 Å². The molecule has 0 amide bonds. The second kappa shape index (κ2) is 6.15. The first-order valence-electron chi connectivity index (χ1n) is 6.07. The molecule has 18 heavy (non-hydrogen) atoms. The van der Waals surface area contributed by atoms with E-state index in [1.165, 1.54) is 17.4 Å². The van der Waals surface area contributed by atoms with E-state index < -0.39 is 6.10 Å². The number of hydrogen-bond donors (Lipinski definition) is 1. The van der Waals surface area contributed by atoms with E-state index in [-0.39, 0.29) is 16.7 Å². The minimum absolute atomic E-state index is 0.0846. The van der Waals surface area contributed by atoms with Crippen LogP contribution in [0.5, 0.6) is 0 Å². The summed E-state index contributed by atoms with van der Waals surface area (Å²) in [6, 6.07) is 1.72. The van der Waals surface area contributed by atoms with Gasteiger partial charge in [-0.3, -0.25) is 10.1 Å². The molecular weight excluding hydrogens is 252 g/mol. The lowest BCUT2D eigenvalue weighted by atomic mass is 10.2. The zero-order valence-electron chi connectivity index (χ0n) is 11.2. The SMILES string of the molecule is CCCC(C)N(C)c1sc([C@@H](C)O)cc1[N+](=O)[O-]. The number of rotatable bonds is 6. The molecule has 102 valence electrons. The summed E-state index contributed by atoms with van der Waals surface area (Å²) >= 11 is 1.29. The summed E-state index contributed by atoms with van der Waals surface area (Å²) in [4.78, 5) is 13.2. The maximum absolute atomic E-state index is 11.0. The number of nitrogens with zero attached hydrogens (tertiary/aromatic N) is 2. The first kappa shape index (κ1) is 14.9. The van der Waals surface area contributed by atoms with Gasteiger partial charge in [0, 0.05) is 24.0 Å². The lowest BCUT2D eigenvalue weighted by Crippen LogP contribution is -2.28. The highest BCUT2D eigenvalue weighted by Gasteiger charge is 2.25. The third kappa shape index (κ3) is 3.20. The molecule has 1 rings (SSSR count). The van der Waals surface area contributed by atoms with Crippen LogP contribution in [0.1, 0.15) is 44.6 Å². The number of aliphatic hydroxyl groups is 1. The van der Waals surface area contributed by atoms with Crippen LogP contribution < -0.4 is 4.90 Å². The molecule has 1 aromatic rings. The van der Waals surface area contributed by atoms with Crippen LogP contribution in [0, 0.1) is 10.1 Å². The summed E-state index contributed by atoms with van der Waals surface area (Å²) in [5, 5.41) is 21.2. The van der Waals surface area contributed by atoms with Crippen LogP contribution in [0.25, 0.3) is 0 Å². The smallest absolute Gasteiger partial charge is 0.304 e. The van der Waals surface area contributed by atoms with Crippen molar-refractivity contribution >= 4 is 22.0 Å². The first-order valence-corrected chi connectivity index (χ1v) is 6.89. The Hall–Kier alpha value is -1.14. The molecule has 1 heterocycles. The fourth-order valence-corrected chi connectivity index (χ4v) is 2.92. The Labute approximate surface area is 111 Å². The van der Waals surface area contributed by atoms with Gasteiger partial charge >= 0.3 is 5.69 Å². The van der Waals surface area contributed by atoms with E-state index in [9.17, 15) is 15.2 Å². The summed E-state index contributed by atoms with van der Waals surface area (Å²) in [5.74, 6) is 0. The van der Waals surface area contributed by atoms with Crippen molar-refractivity contribution < 1.29 is 10.0 Å². The number of hydrogen-bond acceptors (Lipinski definition) is 5. The molecule has 0 aromatic carbocycles. The van der Waals surface area contributed by atoms with Crippen LogP contribution in [0.15, 0.2) is 6.07 Å². The van der Waals surface area contributed by atoms with E-state index in [2.05, 4.69) is 13.8 Å². The molecule has 1 unspecified atom stereocenters. The Morgan fingerprint density at radius 1 is 1.56 bits per heavy atom. The molecule has 0 fully saturated rings. The lowest BCUT2D eigenvalue weighted by molar-refractivity contribution is -0.383. The Balaban J connectivity index is 3.09. The Morgan fingerprint density at radius 3 is 2.61 bits per heavy atom. The fourth-order valence-electron chi connectivity index (χ4n) is 1.79. The molecular formula is C12H20N2O3S. The Bertz CT molecular complexity index is 417. The zero-order valence-corrected chi connectivity index (χ0v) is 12.0. The van der Waals surface area contributed by atoms with Gasteiger partial charge in [-0.05, 0) is 20.3 Å². The highest BCUT2D eigenvalue weighted by atomic mass is 32.1. The van der Waals surface area contributed by atoms with Crippen LogP contribution in [0.3, 0.4) is 0 Å². The van der Waals surface area contributed by atoms with E-state index in [1.54, 1.807) is 6.92 Å². The van der Waals surface area contributed by atoms with Crippen molar-refractivity contribution in [2.75, 3.05) is 11.9 Å². The standard InChI is InChI=1S/C12H20N2O3S/c1-5-6-8(2)13(4)12-10(14(16)17)7-11(18-12)9(3)15/h7-9,15H,5-6H2,1-4H3/t8?,9-/m1/s1. The highest BCUT2D eigenvalue weighted by molar-refractivity contribution is 7.16. The minimum Gasteiger partial charge on any atom is -0.388 e. The van der Waals surface area contributed by atoms with E-state index in [0.717, 1.165) is 12.8 Å². The van der Waals surface area contributed by atoms with Crippen molar-refractivity contribution in [3.8, 4) is 0 Å². The first-order chi connectivity index (χ1) is 8.38. The third-order valence-corrected chi connectivity index (χ3v) is 4.39. The van der Waals surface area contributed by atoms with Crippen molar-refractivity contribution in [1.82, 2.24) is 0 Å². The lowest BCUT2D eigenvalue weighted by Gasteiger charge is -2.24. The monoisotopic (exact) mass is 272 g/mol. The molecule has 0 spiro atoms. The number of aliphatic hydroxyl groups excluding tert-OH is 1. The summed E-state index contributed by atoms with van der Waals surface area (Å²) in [7, 11) is 1.87. The van der Waals surface area contributed by atoms with Crippen LogP contribution in [-0.2, 0) is 0 Å². The van der Waals surface area contributed by atoms with Gasteiger partial charge < -0.3 is 10.0 Å². The molecule has 1 aromatic heterocycles. The van der Waals surface area contributed by atoms with Gasteiger partial charge in [-0.1, -0.05) is 13.3 Å². The maximum atomic E-state index is 11.0. The van der Waals surface area contributed by atoms with Gasteiger partial charge in [0.15, 0.2) is 5.00 Å². The van der Waals surface area contributed by atoms with Crippen molar-refractivity contribution in [3.63, 3.8) is 0 Å². The number of nitro groups is 1. The normalized spacial score (nSPS) is 14.3. The van der Waals surface area contributed by atoms with E-state index in [4.69, 9.17) is 0 Å². The van der Waals surface area contributed by atoms with E-state index in [1.807, 2.05) is 11.9 Å². The summed E-state index contributed by atoms with van der Waals surface area (Å²) in [6.07, 6.45) is 1.35. The molecule has 0 saturated heterocycles. The second-order valence-corrected chi connectivity index (χ2v) is 5.58. The van der Waals surface area contributed by atoms with E-state index in [0.29, 0.717) is 9.88 Å². The number of anilines is 1. The summed E-state index contributed by atoms with van der Waals surface area (Å²) < 4.78 is 0. The van der Waals surface area contributed by atoms with Gasteiger partial charge in [0.1, 0.15) is 0 Å². The average molecular weight is 272 g/mol. The van der Waals surface area contributed by atoms with Gasteiger partial charge in [0.05, 0.1) is 11.0 Å². The predicted octanol–water partition coefficient (Wildman–Crippen LogP) is 3.33. The predicted molar refractivity (Wildman–Crippen MR) is 74.4 cm³/mol. The van der Waals surface area contributed by atoms with Gasteiger partial charge in [-0.25, -0.2) is 0 Å². The largest absolute Gasteiger partial charge is 0.388 e. The van der Waals surface area contributed by atoms with Crippen molar-refractivity contribution in [1.29, 1.82) is 0 Å². The number of thiophene rings is 1. The fraction of sp³-hybridized carbons (Fsp3) is 0.667. The summed E-state index contributed by atoms with van der Waals surface area (Å²) in [6.45, 7) is 5.76. The van der Waals surface area contributed by atoms with Gasteiger partial charge in [-0.15, -0.1) is 11.3 Å². The molecule has 0 aliphatic heterocycles. The maximum Gasteiger partial charge on any atom is 0.304 e. The minimum atomic E-state index is -0.669. The third-order valence-electron chi connectivity index (χ3n) is 3.01. The quantitative estimate of drug-likeness (QED) is 0.637. The van der Waals surface area contributed by atoms with Crippen molar-refractivity contribution in [3.05, 3.63) is 21.1 Å². The van der Waals surface area contributed by atoms with Crippen LogP contribution in [0.4, 0.5) is 10.7 Å². The zero-order chi connectivity index (χ0) is 13.9. The second-order valence-electron chi connectivity index (χ2n) is 4.52. The molecule has 0 aliphatic rings. The Morgan fingerprint density at radius 2 is 2.17 bits per heavy atom. The molecule has 5 nitrogen and oxygen atoms in total. The molecule has 0 radical (unpaired) electrons. The van der Waals surface area contributed by atoms with Crippen LogP contribution >= 0.6 is 11.3 Å². The summed E-state index contributed by atoms with van der Waals surface area (Å²) in [5.41, 5.74) is 0.0846.